The Morgan fingerprint density at radius 1 is 1.33 bits per heavy atom. The van der Waals surface area contributed by atoms with Crippen molar-refractivity contribution in [3.05, 3.63) is 35.4 Å². The molecule has 2 nitrogen and oxygen atoms in total. The molecule has 0 aliphatic rings. The average molecular weight is 223 g/mol. The maximum absolute atomic E-state index is 6.16. The van der Waals surface area contributed by atoms with Crippen LogP contribution in [0.5, 0.6) is 0 Å². The Morgan fingerprint density at radius 2 is 2.07 bits per heavy atom. The molecule has 0 aromatic carbocycles. The van der Waals surface area contributed by atoms with Crippen molar-refractivity contribution >= 4 is 17.1 Å². The predicted octanol–water partition coefficient (Wildman–Crippen LogP) is 3.58. The molecule has 2 rings (SSSR count). The van der Waals surface area contributed by atoms with Crippen LogP contribution < -0.4 is 0 Å². The Bertz CT molecular complexity index is 480. The topological polar surface area (TPSA) is 17.3 Å². The van der Waals surface area contributed by atoms with Gasteiger partial charge in [0, 0.05) is 6.42 Å². The highest BCUT2D eigenvalue weighted by Gasteiger charge is 2.15. The third-order valence-electron chi connectivity index (χ3n) is 2.26. The lowest BCUT2D eigenvalue weighted by atomic mass is 9.92. The summed E-state index contributed by atoms with van der Waals surface area (Å²) >= 11 is 6.16. The number of nitrogens with zero attached hydrogens (tertiary/aromatic N) is 2. The molecule has 0 N–H and O–H groups in total. The normalized spacial score (nSPS) is 12.3. The highest BCUT2D eigenvalue weighted by Crippen LogP contribution is 2.23. The molecule has 0 radical (unpaired) electrons. The minimum absolute atomic E-state index is 0.223. The molecule has 2 aromatic heterocycles. The van der Waals surface area contributed by atoms with Crippen molar-refractivity contribution in [1.29, 1.82) is 0 Å². The van der Waals surface area contributed by atoms with Gasteiger partial charge in [0.05, 0.1) is 11.7 Å². The summed E-state index contributed by atoms with van der Waals surface area (Å²) in [6.07, 6.45) is 2.79. The van der Waals surface area contributed by atoms with Crippen LogP contribution in [0, 0.1) is 5.41 Å². The Balaban J connectivity index is 2.53. The SMILES string of the molecule is CC(C)(C)Cc1ncc2cccc(Cl)n12. The summed E-state index contributed by atoms with van der Waals surface area (Å²) in [7, 11) is 0. The van der Waals surface area contributed by atoms with Crippen LogP contribution in [-0.4, -0.2) is 9.38 Å². The highest BCUT2D eigenvalue weighted by atomic mass is 35.5. The highest BCUT2D eigenvalue weighted by molar-refractivity contribution is 6.29. The number of hydrogen-bond acceptors (Lipinski definition) is 1. The number of imidazole rings is 1. The number of halogens is 1. The van der Waals surface area contributed by atoms with E-state index in [-0.39, 0.29) is 5.41 Å². The van der Waals surface area contributed by atoms with E-state index in [1.165, 1.54) is 0 Å². The number of pyridine rings is 1. The molecule has 2 heterocycles. The van der Waals surface area contributed by atoms with E-state index in [0.717, 1.165) is 22.9 Å². The molecule has 0 atom stereocenters. The Labute approximate surface area is 94.9 Å². The molecule has 0 amide bonds. The van der Waals surface area contributed by atoms with Gasteiger partial charge < -0.3 is 0 Å². The van der Waals surface area contributed by atoms with Crippen molar-refractivity contribution in [2.75, 3.05) is 0 Å². The van der Waals surface area contributed by atoms with Gasteiger partial charge in [-0.25, -0.2) is 4.98 Å². The van der Waals surface area contributed by atoms with Gasteiger partial charge >= 0.3 is 0 Å². The maximum atomic E-state index is 6.16. The number of fused-ring (bicyclic) bond motifs is 1. The quantitative estimate of drug-likeness (QED) is 0.675. The molecule has 0 aliphatic carbocycles. The largest absolute Gasteiger partial charge is 0.287 e. The van der Waals surface area contributed by atoms with Gasteiger partial charge in [-0.3, -0.25) is 4.40 Å². The van der Waals surface area contributed by atoms with E-state index in [1.54, 1.807) is 0 Å². The fourth-order valence-electron chi connectivity index (χ4n) is 1.67. The minimum Gasteiger partial charge on any atom is -0.287 e. The third kappa shape index (κ3) is 2.15. The van der Waals surface area contributed by atoms with Crippen molar-refractivity contribution in [2.45, 2.75) is 27.2 Å². The van der Waals surface area contributed by atoms with Gasteiger partial charge in [-0.2, -0.15) is 0 Å². The molecular formula is C12H15ClN2. The fourth-order valence-corrected chi connectivity index (χ4v) is 1.94. The molecule has 2 aromatic rings. The van der Waals surface area contributed by atoms with Gasteiger partial charge in [0.1, 0.15) is 11.0 Å². The van der Waals surface area contributed by atoms with Crippen LogP contribution in [0.4, 0.5) is 0 Å². The molecule has 0 saturated heterocycles. The van der Waals surface area contributed by atoms with E-state index in [4.69, 9.17) is 11.6 Å². The molecule has 80 valence electrons. The van der Waals surface area contributed by atoms with Crippen LogP contribution in [-0.2, 0) is 6.42 Å². The van der Waals surface area contributed by atoms with Crippen molar-refractivity contribution < 1.29 is 0 Å². The second-order valence-corrected chi connectivity index (χ2v) is 5.41. The lowest BCUT2D eigenvalue weighted by Gasteiger charge is -2.17. The van der Waals surface area contributed by atoms with Crippen molar-refractivity contribution in [3.63, 3.8) is 0 Å². The van der Waals surface area contributed by atoms with Gasteiger partial charge in [-0.1, -0.05) is 38.4 Å². The summed E-state index contributed by atoms with van der Waals surface area (Å²) in [6, 6.07) is 5.85. The molecule has 0 spiro atoms. The van der Waals surface area contributed by atoms with Crippen molar-refractivity contribution in [1.82, 2.24) is 9.38 Å². The Hall–Kier alpha value is -1.02. The predicted molar refractivity (Wildman–Crippen MR) is 63.4 cm³/mol. The molecular weight excluding hydrogens is 208 g/mol. The summed E-state index contributed by atoms with van der Waals surface area (Å²) in [5.41, 5.74) is 1.28. The standard InChI is InChI=1S/C12H15ClN2/c1-12(2,3)7-11-14-8-9-5-4-6-10(13)15(9)11/h4-6,8H,7H2,1-3H3. The molecule has 3 heteroatoms. The Morgan fingerprint density at radius 3 is 2.73 bits per heavy atom. The molecule has 0 fully saturated rings. The lowest BCUT2D eigenvalue weighted by molar-refractivity contribution is 0.400. The first-order valence-electron chi connectivity index (χ1n) is 5.08. The zero-order valence-electron chi connectivity index (χ0n) is 9.29. The van der Waals surface area contributed by atoms with E-state index in [1.807, 2.05) is 28.8 Å². The summed E-state index contributed by atoms with van der Waals surface area (Å²) in [5.74, 6) is 1.03. The zero-order valence-corrected chi connectivity index (χ0v) is 10.0. The van der Waals surface area contributed by atoms with Crippen LogP contribution >= 0.6 is 11.6 Å². The second-order valence-electron chi connectivity index (χ2n) is 5.02. The van der Waals surface area contributed by atoms with Crippen LogP contribution in [0.1, 0.15) is 26.6 Å². The molecule has 0 aliphatic heterocycles. The van der Waals surface area contributed by atoms with Gasteiger partial charge in [-0.15, -0.1) is 0 Å². The Kier molecular flexibility index (Phi) is 2.47. The number of rotatable bonds is 1. The summed E-state index contributed by atoms with van der Waals surface area (Å²) in [6.45, 7) is 6.60. The number of aromatic nitrogens is 2. The first kappa shape index (κ1) is 10.5. The minimum atomic E-state index is 0.223. The molecule has 0 bridgehead atoms. The van der Waals surface area contributed by atoms with Gasteiger partial charge in [0.15, 0.2) is 0 Å². The van der Waals surface area contributed by atoms with E-state index in [2.05, 4.69) is 25.8 Å². The molecule has 15 heavy (non-hydrogen) atoms. The second kappa shape index (κ2) is 3.53. The van der Waals surface area contributed by atoms with Crippen LogP contribution in [0.2, 0.25) is 5.15 Å². The van der Waals surface area contributed by atoms with Gasteiger partial charge in [0.2, 0.25) is 0 Å². The van der Waals surface area contributed by atoms with E-state index in [9.17, 15) is 0 Å². The van der Waals surface area contributed by atoms with Gasteiger partial charge in [-0.05, 0) is 17.5 Å². The summed E-state index contributed by atoms with van der Waals surface area (Å²) < 4.78 is 2.01. The zero-order chi connectivity index (χ0) is 11.1. The first-order chi connectivity index (χ1) is 6.97. The van der Waals surface area contributed by atoms with Gasteiger partial charge in [0.25, 0.3) is 0 Å². The number of hydrogen-bond donors (Lipinski definition) is 0. The van der Waals surface area contributed by atoms with E-state index < -0.39 is 0 Å². The van der Waals surface area contributed by atoms with E-state index >= 15 is 0 Å². The molecule has 0 saturated carbocycles. The first-order valence-corrected chi connectivity index (χ1v) is 5.46. The maximum Gasteiger partial charge on any atom is 0.114 e. The van der Waals surface area contributed by atoms with Crippen molar-refractivity contribution in [2.24, 2.45) is 5.41 Å². The monoisotopic (exact) mass is 222 g/mol. The average Bonchev–Trinajstić information content (AvgIpc) is 2.47. The molecule has 0 unspecified atom stereocenters. The summed E-state index contributed by atoms with van der Waals surface area (Å²) in [4.78, 5) is 4.42. The third-order valence-corrected chi connectivity index (χ3v) is 2.56. The smallest absolute Gasteiger partial charge is 0.114 e. The van der Waals surface area contributed by atoms with E-state index in [0.29, 0.717) is 0 Å². The van der Waals surface area contributed by atoms with Crippen LogP contribution in [0.25, 0.3) is 5.52 Å². The fraction of sp³-hybridized carbons (Fsp3) is 0.417. The lowest BCUT2D eigenvalue weighted by Crippen LogP contribution is -2.12. The van der Waals surface area contributed by atoms with Crippen LogP contribution in [0.15, 0.2) is 24.4 Å². The summed E-state index contributed by atoms with van der Waals surface area (Å²) in [5, 5.41) is 0.726. The van der Waals surface area contributed by atoms with Crippen LogP contribution in [0.3, 0.4) is 0 Å². The van der Waals surface area contributed by atoms with Crippen molar-refractivity contribution in [3.8, 4) is 0 Å².